The monoisotopic (exact) mass is 262 g/mol. The first-order valence-corrected chi connectivity index (χ1v) is 7.04. The van der Waals surface area contributed by atoms with Crippen LogP contribution >= 0.6 is 0 Å². The fourth-order valence-electron chi connectivity index (χ4n) is 2.62. The fraction of sp³-hybridized carbons (Fsp3) is 0.562. The van der Waals surface area contributed by atoms with Gasteiger partial charge in [0.15, 0.2) is 6.10 Å². The van der Waals surface area contributed by atoms with Gasteiger partial charge in [0.2, 0.25) is 0 Å². The van der Waals surface area contributed by atoms with Crippen molar-refractivity contribution in [2.75, 3.05) is 6.61 Å². The summed E-state index contributed by atoms with van der Waals surface area (Å²) in [5.41, 5.74) is 0.553. The Balaban J connectivity index is 2.08. The molecule has 1 saturated carbocycles. The summed E-state index contributed by atoms with van der Waals surface area (Å²) in [4.78, 5) is 12.3. The molecular formula is C16H22O3. The predicted molar refractivity (Wildman–Crippen MR) is 73.8 cm³/mol. The van der Waals surface area contributed by atoms with Gasteiger partial charge in [-0.15, -0.1) is 0 Å². The van der Waals surface area contributed by atoms with E-state index in [0.29, 0.717) is 6.61 Å². The lowest BCUT2D eigenvalue weighted by Crippen LogP contribution is -2.31. The van der Waals surface area contributed by atoms with Crippen LogP contribution < -0.4 is 0 Å². The SMILES string of the molecule is CCOC(C(=O)OC1(C)CCCC1)c1ccccc1. The minimum Gasteiger partial charge on any atom is -0.457 e. The highest BCUT2D eigenvalue weighted by atomic mass is 16.6. The summed E-state index contributed by atoms with van der Waals surface area (Å²) >= 11 is 0. The Hall–Kier alpha value is -1.35. The highest BCUT2D eigenvalue weighted by molar-refractivity contribution is 5.77. The largest absolute Gasteiger partial charge is 0.457 e. The molecule has 1 aromatic carbocycles. The molecule has 0 aliphatic heterocycles. The summed E-state index contributed by atoms with van der Waals surface area (Å²) < 4.78 is 11.3. The molecule has 0 bridgehead atoms. The third-order valence-corrected chi connectivity index (χ3v) is 3.66. The fourth-order valence-corrected chi connectivity index (χ4v) is 2.62. The maximum atomic E-state index is 12.3. The van der Waals surface area contributed by atoms with Crippen LogP contribution in [-0.2, 0) is 14.3 Å². The van der Waals surface area contributed by atoms with E-state index in [2.05, 4.69) is 0 Å². The van der Waals surface area contributed by atoms with Gasteiger partial charge in [0.05, 0.1) is 0 Å². The first-order chi connectivity index (χ1) is 9.14. The highest BCUT2D eigenvalue weighted by Crippen LogP contribution is 2.34. The van der Waals surface area contributed by atoms with E-state index in [-0.39, 0.29) is 11.6 Å². The molecule has 1 aliphatic rings. The molecule has 1 atom stereocenters. The molecule has 0 aromatic heterocycles. The smallest absolute Gasteiger partial charge is 0.340 e. The minimum atomic E-state index is -0.608. The van der Waals surface area contributed by atoms with Crippen LogP contribution in [0, 0.1) is 0 Å². The Labute approximate surface area is 114 Å². The number of carbonyl (C=O) groups is 1. The van der Waals surface area contributed by atoms with Crippen molar-refractivity contribution in [1.82, 2.24) is 0 Å². The maximum absolute atomic E-state index is 12.3. The van der Waals surface area contributed by atoms with E-state index >= 15 is 0 Å². The lowest BCUT2D eigenvalue weighted by Gasteiger charge is -2.27. The molecule has 1 fully saturated rings. The van der Waals surface area contributed by atoms with Crippen LogP contribution in [0.25, 0.3) is 0 Å². The minimum absolute atomic E-state index is 0.266. The van der Waals surface area contributed by atoms with Crippen LogP contribution in [-0.4, -0.2) is 18.2 Å². The topological polar surface area (TPSA) is 35.5 Å². The van der Waals surface area contributed by atoms with Gasteiger partial charge in [-0.25, -0.2) is 4.79 Å². The van der Waals surface area contributed by atoms with E-state index in [4.69, 9.17) is 9.47 Å². The van der Waals surface area contributed by atoms with Crippen LogP contribution in [0.3, 0.4) is 0 Å². The van der Waals surface area contributed by atoms with Gasteiger partial charge >= 0.3 is 5.97 Å². The van der Waals surface area contributed by atoms with Crippen molar-refractivity contribution in [2.24, 2.45) is 0 Å². The third-order valence-electron chi connectivity index (χ3n) is 3.66. The predicted octanol–water partition coefficient (Wildman–Crippen LogP) is 3.64. The molecule has 1 unspecified atom stereocenters. The van der Waals surface area contributed by atoms with E-state index in [0.717, 1.165) is 31.2 Å². The van der Waals surface area contributed by atoms with E-state index in [9.17, 15) is 4.79 Å². The van der Waals surface area contributed by atoms with E-state index in [1.165, 1.54) is 0 Å². The Morgan fingerprint density at radius 2 is 1.89 bits per heavy atom. The molecule has 0 radical (unpaired) electrons. The first kappa shape index (κ1) is 14.1. The summed E-state index contributed by atoms with van der Waals surface area (Å²) in [6.07, 6.45) is 3.56. The lowest BCUT2D eigenvalue weighted by molar-refractivity contribution is -0.171. The molecule has 1 aromatic rings. The van der Waals surface area contributed by atoms with E-state index < -0.39 is 6.10 Å². The van der Waals surface area contributed by atoms with Crippen LogP contribution in [0.4, 0.5) is 0 Å². The summed E-state index contributed by atoms with van der Waals surface area (Å²) in [6.45, 7) is 4.40. The Morgan fingerprint density at radius 3 is 2.47 bits per heavy atom. The van der Waals surface area contributed by atoms with Gasteiger partial charge in [0.1, 0.15) is 5.60 Å². The number of hydrogen-bond acceptors (Lipinski definition) is 3. The highest BCUT2D eigenvalue weighted by Gasteiger charge is 2.35. The molecule has 0 amide bonds. The van der Waals surface area contributed by atoms with Crippen molar-refractivity contribution in [2.45, 2.75) is 51.2 Å². The van der Waals surface area contributed by atoms with Crippen molar-refractivity contribution in [3.8, 4) is 0 Å². The van der Waals surface area contributed by atoms with Crippen molar-refractivity contribution < 1.29 is 14.3 Å². The standard InChI is InChI=1S/C16H22O3/c1-3-18-14(13-9-5-4-6-10-13)15(17)19-16(2)11-7-8-12-16/h4-6,9-10,14H,3,7-8,11-12H2,1-2H3. The zero-order chi connectivity index (χ0) is 13.7. The molecule has 1 aliphatic carbocycles. The number of benzene rings is 1. The number of rotatable bonds is 5. The number of carbonyl (C=O) groups excluding carboxylic acids is 1. The van der Waals surface area contributed by atoms with Crippen LogP contribution in [0.2, 0.25) is 0 Å². The molecule has 0 N–H and O–H groups in total. The number of esters is 1. The average molecular weight is 262 g/mol. The molecule has 0 spiro atoms. The van der Waals surface area contributed by atoms with Crippen molar-refractivity contribution >= 4 is 5.97 Å². The molecule has 2 rings (SSSR count). The number of hydrogen-bond donors (Lipinski definition) is 0. The lowest BCUT2D eigenvalue weighted by atomic mass is 10.0. The summed E-state index contributed by atoms with van der Waals surface area (Å²) in [6, 6.07) is 9.55. The second kappa shape index (κ2) is 6.20. The molecule has 0 saturated heterocycles. The summed E-state index contributed by atoms with van der Waals surface area (Å²) in [5.74, 6) is -0.266. The van der Waals surface area contributed by atoms with Gasteiger partial charge in [0.25, 0.3) is 0 Å². The van der Waals surface area contributed by atoms with Crippen LogP contribution in [0.5, 0.6) is 0 Å². The van der Waals surface area contributed by atoms with Gasteiger partial charge in [-0.1, -0.05) is 30.3 Å². The summed E-state index contributed by atoms with van der Waals surface area (Å²) in [5, 5.41) is 0. The zero-order valence-corrected chi connectivity index (χ0v) is 11.7. The first-order valence-electron chi connectivity index (χ1n) is 7.04. The third kappa shape index (κ3) is 3.57. The normalized spacial score (nSPS) is 19.1. The van der Waals surface area contributed by atoms with Gasteiger partial charge in [0, 0.05) is 6.61 Å². The second-order valence-corrected chi connectivity index (χ2v) is 5.32. The van der Waals surface area contributed by atoms with Crippen molar-refractivity contribution in [1.29, 1.82) is 0 Å². The molecule has 19 heavy (non-hydrogen) atoms. The van der Waals surface area contributed by atoms with E-state index in [1.54, 1.807) is 0 Å². The van der Waals surface area contributed by atoms with Gasteiger partial charge < -0.3 is 9.47 Å². The Bertz CT molecular complexity index is 407. The zero-order valence-electron chi connectivity index (χ0n) is 11.7. The molecular weight excluding hydrogens is 240 g/mol. The van der Waals surface area contributed by atoms with Gasteiger partial charge in [-0.3, -0.25) is 0 Å². The number of ether oxygens (including phenoxy) is 2. The Morgan fingerprint density at radius 1 is 1.26 bits per heavy atom. The maximum Gasteiger partial charge on any atom is 0.340 e. The second-order valence-electron chi connectivity index (χ2n) is 5.32. The molecule has 3 nitrogen and oxygen atoms in total. The molecule has 0 heterocycles. The average Bonchev–Trinajstić information content (AvgIpc) is 2.83. The molecule has 3 heteroatoms. The van der Waals surface area contributed by atoms with Gasteiger partial charge in [-0.05, 0) is 45.1 Å². The van der Waals surface area contributed by atoms with Crippen LogP contribution in [0.1, 0.15) is 51.2 Å². The van der Waals surface area contributed by atoms with E-state index in [1.807, 2.05) is 44.2 Å². The molecule has 104 valence electrons. The quantitative estimate of drug-likeness (QED) is 0.760. The Kier molecular flexibility index (Phi) is 4.59. The van der Waals surface area contributed by atoms with Crippen molar-refractivity contribution in [3.05, 3.63) is 35.9 Å². The van der Waals surface area contributed by atoms with Crippen LogP contribution in [0.15, 0.2) is 30.3 Å². The van der Waals surface area contributed by atoms with Crippen molar-refractivity contribution in [3.63, 3.8) is 0 Å². The summed E-state index contributed by atoms with van der Waals surface area (Å²) in [7, 11) is 0. The van der Waals surface area contributed by atoms with Gasteiger partial charge in [-0.2, -0.15) is 0 Å².